The van der Waals surface area contributed by atoms with Gasteiger partial charge in [0.05, 0.1) is 0 Å². The third-order valence-electron chi connectivity index (χ3n) is 1.63. The summed E-state index contributed by atoms with van der Waals surface area (Å²) in [5, 5.41) is 0. The molecule has 0 aliphatic heterocycles. The number of hydrogen-bond acceptors (Lipinski definition) is 4. The molecule has 1 aromatic rings. The highest BCUT2D eigenvalue weighted by atomic mass is 35.5. The lowest BCUT2D eigenvalue weighted by Crippen LogP contribution is -2.29. The molecule has 3 N–H and O–H groups in total. The van der Waals surface area contributed by atoms with E-state index in [-0.39, 0.29) is 30.4 Å². The van der Waals surface area contributed by atoms with Crippen LogP contribution in [0.1, 0.15) is 5.69 Å². The largest absolute Gasteiger partial charge is 0.329 e. The maximum Gasteiger partial charge on any atom is 0.242 e. The van der Waals surface area contributed by atoms with Crippen LogP contribution in [0.25, 0.3) is 0 Å². The molecule has 1 rings (SSSR count). The molecule has 0 saturated heterocycles. The summed E-state index contributed by atoms with van der Waals surface area (Å²) < 4.78 is 25.3. The topological polar surface area (TPSA) is 85.1 Å². The van der Waals surface area contributed by atoms with E-state index < -0.39 is 10.0 Å². The van der Waals surface area contributed by atoms with E-state index in [1.54, 1.807) is 13.0 Å². The first-order valence-corrected chi connectivity index (χ1v) is 5.67. The Morgan fingerprint density at radius 1 is 1.47 bits per heavy atom. The number of aryl methyl sites for hydroxylation is 1. The number of halogens is 1. The second-order valence-corrected chi connectivity index (χ2v) is 4.59. The van der Waals surface area contributed by atoms with E-state index in [0.29, 0.717) is 0 Å². The molecule has 5 nitrogen and oxygen atoms in total. The maximum absolute atomic E-state index is 11.5. The van der Waals surface area contributed by atoms with Gasteiger partial charge in [-0.2, -0.15) is 0 Å². The van der Waals surface area contributed by atoms with E-state index in [2.05, 4.69) is 9.71 Å². The lowest BCUT2D eigenvalue weighted by Gasteiger charge is -2.04. The number of sulfonamides is 1. The fourth-order valence-corrected chi connectivity index (χ4v) is 1.88. The Bertz CT molecular complexity index is 391. The first kappa shape index (κ1) is 14.3. The van der Waals surface area contributed by atoms with Gasteiger partial charge in [0.15, 0.2) is 0 Å². The summed E-state index contributed by atoms with van der Waals surface area (Å²) in [6.07, 6.45) is 1.33. The minimum atomic E-state index is -3.43. The number of rotatable bonds is 4. The van der Waals surface area contributed by atoms with E-state index in [0.717, 1.165) is 5.69 Å². The minimum Gasteiger partial charge on any atom is -0.329 e. The Kier molecular flexibility index (Phi) is 5.74. The summed E-state index contributed by atoms with van der Waals surface area (Å²) in [5.41, 5.74) is 5.98. The van der Waals surface area contributed by atoms with Gasteiger partial charge in [-0.3, -0.25) is 4.98 Å². The highest BCUT2D eigenvalue weighted by Crippen LogP contribution is 2.06. The molecule has 0 aliphatic carbocycles. The van der Waals surface area contributed by atoms with Gasteiger partial charge in [0, 0.05) is 25.0 Å². The van der Waals surface area contributed by atoms with Crippen LogP contribution in [-0.2, 0) is 10.0 Å². The van der Waals surface area contributed by atoms with Crippen molar-refractivity contribution in [1.82, 2.24) is 9.71 Å². The summed E-state index contributed by atoms with van der Waals surface area (Å²) in [6.45, 7) is 2.30. The second-order valence-electron chi connectivity index (χ2n) is 2.82. The Labute approximate surface area is 95.5 Å². The van der Waals surface area contributed by atoms with Gasteiger partial charge < -0.3 is 5.73 Å². The second kappa shape index (κ2) is 6.02. The molecule has 0 aromatic carbocycles. The van der Waals surface area contributed by atoms with Gasteiger partial charge in [-0.05, 0) is 19.1 Å². The third-order valence-corrected chi connectivity index (χ3v) is 3.08. The highest BCUT2D eigenvalue weighted by Gasteiger charge is 2.12. The van der Waals surface area contributed by atoms with E-state index in [1.165, 1.54) is 12.3 Å². The lowest BCUT2D eigenvalue weighted by molar-refractivity contribution is 0.581. The standard InChI is InChI=1S/C8H13N3O2S.ClH/c1-7-2-3-8(6-10-7)14(12,13)11-5-4-9;/h2-3,6,11H,4-5,9H2,1H3;1H. The normalized spacial score (nSPS) is 10.8. The Morgan fingerprint density at radius 3 is 2.60 bits per heavy atom. The van der Waals surface area contributed by atoms with Crippen molar-refractivity contribution in [2.45, 2.75) is 11.8 Å². The van der Waals surface area contributed by atoms with Crippen LogP contribution in [0, 0.1) is 6.92 Å². The minimum absolute atomic E-state index is 0. The number of aromatic nitrogens is 1. The summed E-state index contributed by atoms with van der Waals surface area (Å²) >= 11 is 0. The predicted molar refractivity (Wildman–Crippen MR) is 60.5 cm³/mol. The van der Waals surface area contributed by atoms with E-state index in [4.69, 9.17) is 5.73 Å². The van der Waals surface area contributed by atoms with Gasteiger partial charge in [0.1, 0.15) is 4.90 Å². The zero-order chi connectivity index (χ0) is 10.6. The van der Waals surface area contributed by atoms with Gasteiger partial charge in [-0.25, -0.2) is 13.1 Å². The molecule has 0 fully saturated rings. The molecule has 15 heavy (non-hydrogen) atoms. The number of nitrogens with zero attached hydrogens (tertiary/aromatic N) is 1. The molecule has 0 unspecified atom stereocenters. The fraction of sp³-hybridized carbons (Fsp3) is 0.375. The average molecular weight is 252 g/mol. The van der Waals surface area contributed by atoms with Gasteiger partial charge in [-0.1, -0.05) is 0 Å². The SMILES string of the molecule is Cc1ccc(S(=O)(=O)NCCN)cn1.Cl. The number of nitrogens with one attached hydrogen (secondary N) is 1. The number of hydrogen-bond donors (Lipinski definition) is 2. The summed E-state index contributed by atoms with van der Waals surface area (Å²) in [6, 6.07) is 3.16. The van der Waals surface area contributed by atoms with Gasteiger partial charge in [-0.15, -0.1) is 12.4 Å². The monoisotopic (exact) mass is 251 g/mol. The first-order valence-electron chi connectivity index (χ1n) is 4.18. The maximum atomic E-state index is 11.5. The van der Waals surface area contributed by atoms with E-state index >= 15 is 0 Å². The van der Waals surface area contributed by atoms with Crippen molar-refractivity contribution in [1.29, 1.82) is 0 Å². The molecule has 1 aromatic heterocycles. The van der Waals surface area contributed by atoms with Crippen LogP contribution in [0.4, 0.5) is 0 Å². The summed E-state index contributed by atoms with van der Waals surface area (Å²) in [7, 11) is -3.43. The molecular formula is C8H14ClN3O2S. The van der Waals surface area contributed by atoms with E-state index in [1.807, 2.05) is 0 Å². The fourth-order valence-electron chi connectivity index (χ4n) is 0.890. The van der Waals surface area contributed by atoms with E-state index in [9.17, 15) is 8.42 Å². The predicted octanol–water partition coefficient (Wildman–Crippen LogP) is 0.0488. The number of pyridine rings is 1. The van der Waals surface area contributed by atoms with Crippen LogP contribution in [0.3, 0.4) is 0 Å². The van der Waals surface area contributed by atoms with Crippen molar-refractivity contribution >= 4 is 22.4 Å². The molecule has 1 heterocycles. The summed E-state index contributed by atoms with van der Waals surface area (Å²) in [4.78, 5) is 4.07. The quantitative estimate of drug-likeness (QED) is 0.792. The molecule has 0 spiro atoms. The summed E-state index contributed by atoms with van der Waals surface area (Å²) in [5.74, 6) is 0. The Balaban J connectivity index is 0.00000196. The third kappa shape index (κ3) is 4.13. The average Bonchev–Trinajstić information content (AvgIpc) is 2.16. The Hall–Kier alpha value is -0.690. The zero-order valence-corrected chi connectivity index (χ0v) is 9.94. The van der Waals surface area contributed by atoms with Crippen molar-refractivity contribution in [2.24, 2.45) is 5.73 Å². The van der Waals surface area contributed by atoms with Gasteiger partial charge >= 0.3 is 0 Å². The molecule has 7 heteroatoms. The first-order chi connectivity index (χ1) is 6.56. The van der Waals surface area contributed by atoms with Gasteiger partial charge in [0.25, 0.3) is 0 Å². The molecule has 0 saturated carbocycles. The molecule has 0 bridgehead atoms. The molecule has 0 aliphatic rings. The van der Waals surface area contributed by atoms with Crippen molar-refractivity contribution in [3.8, 4) is 0 Å². The van der Waals surface area contributed by atoms with Crippen molar-refractivity contribution < 1.29 is 8.42 Å². The Morgan fingerprint density at radius 2 is 2.13 bits per heavy atom. The van der Waals surface area contributed by atoms with Crippen LogP contribution in [0.2, 0.25) is 0 Å². The van der Waals surface area contributed by atoms with Crippen molar-refractivity contribution in [3.05, 3.63) is 24.0 Å². The van der Waals surface area contributed by atoms with Crippen LogP contribution in [-0.4, -0.2) is 26.5 Å². The zero-order valence-electron chi connectivity index (χ0n) is 8.30. The van der Waals surface area contributed by atoms with Crippen molar-refractivity contribution in [3.63, 3.8) is 0 Å². The van der Waals surface area contributed by atoms with Crippen LogP contribution in [0.15, 0.2) is 23.2 Å². The molecule has 0 radical (unpaired) electrons. The number of nitrogens with two attached hydrogens (primary N) is 1. The van der Waals surface area contributed by atoms with Crippen LogP contribution in [0.5, 0.6) is 0 Å². The molecular weight excluding hydrogens is 238 g/mol. The van der Waals surface area contributed by atoms with Crippen LogP contribution < -0.4 is 10.5 Å². The smallest absolute Gasteiger partial charge is 0.242 e. The highest BCUT2D eigenvalue weighted by molar-refractivity contribution is 7.89. The van der Waals surface area contributed by atoms with Crippen molar-refractivity contribution in [2.75, 3.05) is 13.1 Å². The van der Waals surface area contributed by atoms with Crippen LogP contribution >= 0.6 is 12.4 Å². The molecule has 0 amide bonds. The van der Waals surface area contributed by atoms with Gasteiger partial charge in [0.2, 0.25) is 10.0 Å². The lowest BCUT2D eigenvalue weighted by atomic mass is 10.4. The molecule has 0 atom stereocenters. The molecule has 86 valence electrons.